The predicted molar refractivity (Wildman–Crippen MR) is 23.2 cm³/mol. The third kappa shape index (κ3) is 10.1. The van der Waals surface area contributed by atoms with Crippen molar-refractivity contribution in [3.63, 3.8) is 0 Å². The van der Waals surface area contributed by atoms with Crippen LogP contribution in [0.1, 0.15) is 0 Å². The van der Waals surface area contributed by atoms with Crippen LogP contribution in [0.4, 0.5) is 0 Å². The Morgan fingerprint density at radius 3 is 1.88 bits per heavy atom. The molecule has 0 aromatic carbocycles. The fraction of sp³-hybridized carbons (Fsp3) is 1.00. The molecule has 0 rings (SSSR count). The molecular weight excluding hydrogens is 204 g/mol. The van der Waals surface area contributed by atoms with Crippen LogP contribution in [0, 0.1) is 0 Å². The van der Waals surface area contributed by atoms with Gasteiger partial charge in [0.15, 0.2) is 0 Å². The average molecular weight is 208 g/mol. The first kappa shape index (κ1) is 11.8. The molecule has 6 heteroatoms. The van der Waals surface area contributed by atoms with E-state index in [0.29, 0.717) is 0 Å². The molecule has 0 aliphatic rings. The molecule has 8 heavy (non-hydrogen) atoms. The van der Waals surface area contributed by atoms with Crippen LogP contribution < -0.4 is 9.79 Å². The van der Waals surface area contributed by atoms with E-state index in [9.17, 15) is 14.4 Å². The summed E-state index contributed by atoms with van der Waals surface area (Å²) in [5.74, 6) is -0.107. The molecule has 0 saturated carbocycles. The summed E-state index contributed by atoms with van der Waals surface area (Å²) in [6, 6.07) is 0. The van der Waals surface area contributed by atoms with Crippen LogP contribution in [0.15, 0.2) is 0 Å². The van der Waals surface area contributed by atoms with Gasteiger partial charge in [-0.3, -0.25) is 0 Å². The standard InChI is InChI=1S/C2H6ClO3P.Zn/c3-1-2-7(4,5)6;/h1-2H2,(H2,4,5,6);/q;+2/p-2. The normalized spacial score (nSPS) is 10.4. The van der Waals surface area contributed by atoms with Gasteiger partial charge in [-0.1, -0.05) is 7.60 Å². The van der Waals surface area contributed by atoms with Crippen molar-refractivity contribution in [3.8, 4) is 0 Å². The first-order valence-corrected chi connectivity index (χ1v) is 3.89. The third-order valence-corrected chi connectivity index (χ3v) is 1.58. The molecule has 0 aliphatic carbocycles. The molecule has 0 aromatic heterocycles. The Balaban J connectivity index is 0. The van der Waals surface area contributed by atoms with Gasteiger partial charge >= 0.3 is 19.5 Å². The molecule has 0 amide bonds. The number of hydrogen-bond donors (Lipinski definition) is 0. The summed E-state index contributed by atoms with van der Waals surface area (Å²) in [5, 5.41) is 0. The molecule has 3 nitrogen and oxygen atoms in total. The Kier molecular flexibility index (Phi) is 7.23. The molecule has 0 saturated heterocycles. The van der Waals surface area contributed by atoms with Crippen molar-refractivity contribution in [3.05, 3.63) is 0 Å². The Hall–Kier alpha value is 1.06. The van der Waals surface area contributed by atoms with Gasteiger partial charge in [0.05, 0.1) is 0 Å². The molecule has 0 radical (unpaired) electrons. The first-order valence-electron chi connectivity index (χ1n) is 1.63. The Labute approximate surface area is 65.3 Å². The van der Waals surface area contributed by atoms with Crippen LogP contribution in [0.25, 0.3) is 0 Å². The molecule has 0 bridgehead atoms. The van der Waals surface area contributed by atoms with E-state index in [1.54, 1.807) is 0 Å². The Bertz CT molecular complexity index is 91.3. The second-order valence-electron chi connectivity index (χ2n) is 1.02. The molecule has 0 spiro atoms. The van der Waals surface area contributed by atoms with Crippen molar-refractivity contribution in [1.82, 2.24) is 0 Å². The molecule has 0 N–H and O–H groups in total. The SMILES string of the molecule is O=P([O-])([O-])CCCl.[Zn+2]. The fourth-order valence-electron chi connectivity index (χ4n) is 0.104. The predicted octanol–water partition coefficient (Wildman–Crippen LogP) is -0.864. The van der Waals surface area contributed by atoms with Gasteiger partial charge in [-0.25, -0.2) is 0 Å². The Morgan fingerprint density at radius 2 is 1.88 bits per heavy atom. The van der Waals surface area contributed by atoms with Gasteiger partial charge in [0.1, 0.15) is 0 Å². The van der Waals surface area contributed by atoms with Crippen molar-refractivity contribution < 1.29 is 33.8 Å². The van der Waals surface area contributed by atoms with Crippen molar-refractivity contribution in [2.24, 2.45) is 0 Å². The van der Waals surface area contributed by atoms with Crippen LogP contribution in [-0.4, -0.2) is 12.0 Å². The molecule has 0 aliphatic heterocycles. The minimum atomic E-state index is -4.30. The average Bonchev–Trinajstić information content (AvgIpc) is 1.30. The topological polar surface area (TPSA) is 63.2 Å². The van der Waals surface area contributed by atoms with Crippen LogP contribution >= 0.6 is 19.2 Å². The van der Waals surface area contributed by atoms with E-state index < -0.39 is 13.8 Å². The third-order valence-electron chi connectivity index (χ3n) is 0.358. The van der Waals surface area contributed by atoms with E-state index in [-0.39, 0.29) is 25.4 Å². The van der Waals surface area contributed by atoms with Gasteiger partial charge in [-0.2, -0.15) is 0 Å². The second kappa shape index (κ2) is 4.90. The second-order valence-corrected chi connectivity index (χ2v) is 3.07. The van der Waals surface area contributed by atoms with Crippen molar-refractivity contribution in [2.45, 2.75) is 0 Å². The minimum absolute atomic E-state index is 0. The monoisotopic (exact) mass is 206 g/mol. The zero-order valence-electron chi connectivity index (χ0n) is 4.17. The van der Waals surface area contributed by atoms with Gasteiger partial charge in [-0.15, -0.1) is 11.6 Å². The summed E-state index contributed by atoms with van der Waals surface area (Å²) in [6.07, 6.45) is -0.450. The minimum Gasteiger partial charge on any atom is -0.811 e. The maximum atomic E-state index is 9.62. The van der Waals surface area contributed by atoms with Gasteiger partial charge in [-0.05, 0) is 6.16 Å². The van der Waals surface area contributed by atoms with Crippen LogP contribution in [0.3, 0.4) is 0 Å². The molecule has 0 unspecified atom stereocenters. The van der Waals surface area contributed by atoms with Crippen molar-refractivity contribution in [1.29, 1.82) is 0 Å². The molecule has 0 atom stereocenters. The zero-order valence-corrected chi connectivity index (χ0v) is 8.79. The van der Waals surface area contributed by atoms with E-state index in [2.05, 4.69) is 0 Å². The van der Waals surface area contributed by atoms with Crippen molar-refractivity contribution >= 4 is 19.2 Å². The van der Waals surface area contributed by atoms with Gasteiger partial charge in [0, 0.05) is 5.88 Å². The van der Waals surface area contributed by atoms with E-state index in [4.69, 9.17) is 11.6 Å². The fourth-order valence-corrected chi connectivity index (χ4v) is 0.932. The van der Waals surface area contributed by atoms with Gasteiger partial charge in [0.2, 0.25) is 0 Å². The summed E-state index contributed by atoms with van der Waals surface area (Å²) in [5.41, 5.74) is 0. The Morgan fingerprint density at radius 1 is 1.50 bits per heavy atom. The number of rotatable bonds is 2. The summed E-state index contributed by atoms with van der Waals surface area (Å²) >= 11 is 4.91. The first-order chi connectivity index (χ1) is 3.06. The van der Waals surface area contributed by atoms with Gasteiger partial charge < -0.3 is 14.4 Å². The van der Waals surface area contributed by atoms with Crippen LogP contribution in [0.5, 0.6) is 0 Å². The summed E-state index contributed by atoms with van der Waals surface area (Å²) in [6.45, 7) is 0. The zero-order chi connectivity index (χ0) is 5.91. The maximum Gasteiger partial charge on any atom is 2.00 e. The molecule has 0 fully saturated rings. The number of alkyl halides is 1. The van der Waals surface area contributed by atoms with E-state index in [0.717, 1.165) is 0 Å². The number of halogens is 1. The van der Waals surface area contributed by atoms with E-state index >= 15 is 0 Å². The van der Waals surface area contributed by atoms with Crippen LogP contribution in [-0.2, 0) is 24.0 Å². The molecule has 0 heterocycles. The van der Waals surface area contributed by atoms with Crippen LogP contribution in [0.2, 0.25) is 0 Å². The number of hydrogen-bond acceptors (Lipinski definition) is 3. The molecule has 44 valence electrons. The summed E-state index contributed by atoms with van der Waals surface area (Å²) in [7, 11) is -4.30. The largest absolute Gasteiger partial charge is 2.00 e. The molecular formula is C2H4ClO3PZn. The smallest absolute Gasteiger partial charge is 0.811 e. The quantitative estimate of drug-likeness (QED) is 0.336. The summed E-state index contributed by atoms with van der Waals surface area (Å²) < 4.78 is 9.62. The molecule has 0 aromatic rings. The van der Waals surface area contributed by atoms with Crippen molar-refractivity contribution in [2.75, 3.05) is 12.0 Å². The van der Waals surface area contributed by atoms with E-state index in [1.165, 1.54) is 0 Å². The van der Waals surface area contributed by atoms with Gasteiger partial charge in [0.25, 0.3) is 0 Å². The van der Waals surface area contributed by atoms with E-state index in [1.807, 2.05) is 0 Å². The summed E-state index contributed by atoms with van der Waals surface area (Å²) in [4.78, 5) is 19.2. The maximum absolute atomic E-state index is 9.62.